The zero-order chi connectivity index (χ0) is 32.1. The van der Waals surface area contributed by atoms with Crippen molar-refractivity contribution in [1.82, 2.24) is 0 Å². The molecule has 4 rings (SSSR count). The van der Waals surface area contributed by atoms with Crippen LogP contribution in [0.3, 0.4) is 0 Å². The maximum absolute atomic E-state index is 10.5. The maximum atomic E-state index is 10.5. The highest BCUT2D eigenvalue weighted by atomic mass is 16.6. The van der Waals surface area contributed by atoms with Crippen LogP contribution in [0.2, 0.25) is 0 Å². The second kappa shape index (κ2) is 16.2. The van der Waals surface area contributed by atoms with Gasteiger partial charge in [-0.3, -0.25) is 20.2 Å². The van der Waals surface area contributed by atoms with E-state index in [1.165, 1.54) is 40.6 Å². The fraction of sp³-hybridized carbons (Fsp3) is 0.250. The van der Waals surface area contributed by atoms with Crippen LogP contribution in [0.15, 0.2) is 72.8 Å². The molecule has 0 bridgehead atoms. The largest absolute Gasteiger partial charge is 0.398 e. The van der Waals surface area contributed by atoms with Crippen LogP contribution in [0.5, 0.6) is 0 Å². The summed E-state index contributed by atoms with van der Waals surface area (Å²) in [6.07, 6.45) is 0. The molecule has 0 spiro atoms. The summed E-state index contributed by atoms with van der Waals surface area (Å²) in [5, 5.41) is 20.7. The molecule has 0 aliphatic heterocycles. The van der Waals surface area contributed by atoms with Gasteiger partial charge in [0.15, 0.2) is 0 Å². The number of anilines is 4. The summed E-state index contributed by atoms with van der Waals surface area (Å²) in [6.45, 7) is 11.5. The van der Waals surface area contributed by atoms with Gasteiger partial charge in [-0.05, 0) is 81.5 Å². The Morgan fingerprint density at radius 2 is 1.07 bits per heavy atom. The molecule has 0 aromatic heterocycles. The average Bonchev–Trinajstić information content (AvgIpc) is 2.92. The van der Waals surface area contributed by atoms with Crippen molar-refractivity contribution in [1.29, 1.82) is 0 Å². The summed E-state index contributed by atoms with van der Waals surface area (Å²) in [4.78, 5) is 21.8. The summed E-state index contributed by atoms with van der Waals surface area (Å²) in [5.41, 5.74) is 25.7. The van der Waals surface area contributed by atoms with E-state index in [2.05, 4.69) is 36.1 Å². The second-order valence-electron chi connectivity index (χ2n) is 10.1. The summed E-state index contributed by atoms with van der Waals surface area (Å²) in [7, 11) is 4.07. The summed E-state index contributed by atoms with van der Waals surface area (Å²) < 4.78 is 0. The van der Waals surface area contributed by atoms with Crippen LogP contribution < -0.4 is 22.1 Å². The molecule has 0 amide bonds. The number of nitrogens with two attached hydrogens (primary N) is 3. The van der Waals surface area contributed by atoms with Gasteiger partial charge < -0.3 is 22.1 Å². The van der Waals surface area contributed by atoms with Crippen LogP contribution in [0.1, 0.15) is 33.4 Å². The van der Waals surface area contributed by atoms with Gasteiger partial charge in [-0.1, -0.05) is 48.0 Å². The van der Waals surface area contributed by atoms with Gasteiger partial charge in [0.1, 0.15) is 5.69 Å². The number of nitrogen functional groups attached to an aromatic ring is 3. The molecule has 0 unspecified atom stereocenters. The summed E-state index contributed by atoms with van der Waals surface area (Å²) in [5.74, 6) is 0. The van der Waals surface area contributed by atoms with Gasteiger partial charge in [0.05, 0.1) is 9.85 Å². The van der Waals surface area contributed by atoms with Crippen molar-refractivity contribution < 1.29 is 9.85 Å². The molecule has 4 aromatic carbocycles. The molecule has 0 atom stereocenters. The lowest BCUT2D eigenvalue weighted by Crippen LogP contribution is -2.07. The molecule has 0 saturated carbocycles. The van der Waals surface area contributed by atoms with E-state index in [1.807, 2.05) is 52.2 Å². The normalized spacial score (nSPS) is 9.62. The quantitative estimate of drug-likeness (QED) is 0.131. The molecule has 4 aromatic rings. The van der Waals surface area contributed by atoms with E-state index in [1.54, 1.807) is 26.8 Å². The first kappa shape index (κ1) is 34.9. The standard InChI is InChI=1S/C9H13N.C8H10N2O2.C8H11N.C7H8N2O2/c1-6-4-7(2)9(10)8(3)5-6;1-5-3-6(2)8(9)7(4-5)10(11)12;1-9(2)8-6-4-3-5-7-8;1-5-2-3-6(9(10)11)4-7(5)8/h4-5H,10H2,1-3H3;3-4H,9H2,1-2H3;3-7H,1-2H3;2-4H,8H2,1H3. The smallest absolute Gasteiger partial charge is 0.292 e. The monoisotopic (exact) mass is 574 g/mol. The molecule has 0 aliphatic carbocycles. The Bertz CT molecular complexity index is 1480. The van der Waals surface area contributed by atoms with Crippen molar-refractivity contribution in [3.05, 3.63) is 126 Å². The van der Waals surface area contributed by atoms with Crippen molar-refractivity contribution >= 4 is 34.1 Å². The molecule has 10 heteroatoms. The highest BCUT2D eigenvalue weighted by Crippen LogP contribution is 2.26. The third kappa shape index (κ3) is 11.2. The minimum atomic E-state index is -0.463. The average molecular weight is 575 g/mol. The number of nitrogens with zero attached hydrogens (tertiary/aromatic N) is 3. The van der Waals surface area contributed by atoms with Gasteiger partial charge in [0.25, 0.3) is 11.4 Å². The van der Waals surface area contributed by atoms with Crippen molar-refractivity contribution in [2.75, 3.05) is 36.2 Å². The van der Waals surface area contributed by atoms with Crippen LogP contribution in [-0.2, 0) is 0 Å². The molecule has 10 nitrogen and oxygen atoms in total. The van der Waals surface area contributed by atoms with E-state index in [0.717, 1.165) is 22.4 Å². The fourth-order valence-corrected chi connectivity index (χ4v) is 3.77. The molecular formula is C32H42N6O4. The molecular weight excluding hydrogens is 532 g/mol. The Balaban J connectivity index is 0.000000281. The minimum absolute atomic E-state index is 0.00694. The topological polar surface area (TPSA) is 168 Å². The van der Waals surface area contributed by atoms with Gasteiger partial charge in [0.2, 0.25) is 0 Å². The first-order valence-electron chi connectivity index (χ1n) is 13.1. The van der Waals surface area contributed by atoms with Gasteiger partial charge in [-0.15, -0.1) is 0 Å². The van der Waals surface area contributed by atoms with Crippen LogP contribution in [0.25, 0.3) is 0 Å². The molecule has 224 valence electrons. The van der Waals surface area contributed by atoms with Crippen LogP contribution in [-0.4, -0.2) is 23.9 Å². The van der Waals surface area contributed by atoms with E-state index in [-0.39, 0.29) is 17.1 Å². The van der Waals surface area contributed by atoms with Crippen molar-refractivity contribution in [2.24, 2.45) is 0 Å². The lowest BCUT2D eigenvalue weighted by Gasteiger charge is -2.10. The van der Waals surface area contributed by atoms with E-state index in [4.69, 9.17) is 17.2 Å². The molecule has 0 heterocycles. The predicted molar refractivity (Wildman–Crippen MR) is 175 cm³/mol. The number of rotatable bonds is 3. The van der Waals surface area contributed by atoms with Crippen molar-refractivity contribution in [3.63, 3.8) is 0 Å². The Morgan fingerprint density at radius 3 is 1.48 bits per heavy atom. The number of hydrogen-bond acceptors (Lipinski definition) is 8. The Hall–Kier alpha value is -5.12. The first-order chi connectivity index (χ1) is 19.5. The number of aryl methyl sites for hydroxylation is 6. The molecule has 6 N–H and O–H groups in total. The van der Waals surface area contributed by atoms with Crippen LogP contribution in [0, 0.1) is 61.8 Å². The third-order valence-electron chi connectivity index (χ3n) is 6.19. The Labute approximate surface area is 248 Å². The zero-order valence-electron chi connectivity index (χ0n) is 25.6. The molecule has 42 heavy (non-hydrogen) atoms. The van der Waals surface area contributed by atoms with Gasteiger partial charge in [-0.25, -0.2) is 0 Å². The lowest BCUT2D eigenvalue weighted by molar-refractivity contribution is -0.384. The SMILES string of the molecule is CN(C)c1ccccc1.Cc1cc(C)c(N)c(C)c1.Cc1cc(C)c(N)c([N+](=O)[O-])c1.Cc1ccc([N+](=O)[O-])cc1N. The number of benzene rings is 4. The number of non-ortho nitro benzene ring substituents is 1. The summed E-state index contributed by atoms with van der Waals surface area (Å²) >= 11 is 0. The fourth-order valence-electron chi connectivity index (χ4n) is 3.77. The van der Waals surface area contributed by atoms with Crippen molar-refractivity contribution in [3.8, 4) is 0 Å². The van der Waals surface area contributed by atoms with E-state index < -0.39 is 9.85 Å². The lowest BCUT2D eigenvalue weighted by atomic mass is 10.1. The Kier molecular flexibility index (Phi) is 13.5. The first-order valence-corrected chi connectivity index (χ1v) is 13.1. The highest BCUT2D eigenvalue weighted by Gasteiger charge is 2.13. The minimum Gasteiger partial charge on any atom is -0.398 e. The molecule has 0 aliphatic rings. The number of nitro benzene ring substituents is 2. The summed E-state index contributed by atoms with van der Waals surface area (Å²) in [6, 6.07) is 22.2. The molecule has 0 radical (unpaired) electrons. The number of hydrogen-bond donors (Lipinski definition) is 3. The third-order valence-corrected chi connectivity index (χ3v) is 6.19. The predicted octanol–water partition coefficient (Wildman–Crippen LogP) is 7.23. The Morgan fingerprint density at radius 1 is 0.595 bits per heavy atom. The van der Waals surface area contributed by atoms with Crippen LogP contribution in [0.4, 0.5) is 34.1 Å². The van der Waals surface area contributed by atoms with E-state index >= 15 is 0 Å². The van der Waals surface area contributed by atoms with Gasteiger partial charge >= 0.3 is 0 Å². The number of nitro groups is 2. The molecule has 0 saturated heterocycles. The van der Waals surface area contributed by atoms with Gasteiger partial charge in [-0.2, -0.15) is 0 Å². The van der Waals surface area contributed by atoms with E-state index in [0.29, 0.717) is 5.69 Å². The van der Waals surface area contributed by atoms with Crippen molar-refractivity contribution in [2.45, 2.75) is 41.5 Å². The molecule has 0 fully saturated rings. The number of para-hydroxylation sites is 1. The van der Waals surface area contributed by atoms with Crippen LogP contribution >= 0.6 is 0 Å². The van der Waals surface area contributed by atoms with E-state index in [9.17, 15) is 20.2 Å². The zero-order valence-corrected chi connectivity index (χ0v) is 25.6. The highest BCUT2D eigenvalue weighted by molar-refractivity contribution is 5.64. The second-order valence-corrected chi connectivity index (χ2v) is 10.1. The van der Waals surface area contributed by atoms with Gasteiger partial charge in [0, 0.05) is 49.4 Å². The maximum Gasteiger partial charge on any atom is 0.292 e.